The highest BCUT2D eigenvalue weighted by Gasteiger charge is 2.24. The molecule has 1 fully saturated rings. The molecule has 2 aliphatic heterocycles. The van der Waals surface area contributed by atoms with Crippen molar-refractivity contribution >= 4 is 28.7 Å². The van der Waals surface area contributed by atoms with Crippen LogP contribution in [0.4, 0.5) is 17.1 Å². The fraction of sp³-hybridized carbons (Fsp3) is 0.222. The van der Waals surface area contributed by atoms with E-state index >= 15 is 0 Å². The summed E-state index contributed by atoms with van der Waals surface area (Å²) in [5.41, 5.74) is 3.37. The first-order chi connectivity index (χ1) is 11.3. The highest BCUT2D eigenvalue weighted by Crippen LogP contribution is 2.32. The van der Waals surface area contributed by atoms with Crippen molar-refractivity contribution in [2.24, 2.45) is 0 Å². The SMILES string of the molecule is ClC1=C(N2CCN(c3ccccc3)CC2)Nc2ccccc2N1. The number of halogens is 1. The molecule has 0 amide bonds. The molecule has 0 unspecified atom stereocenters. The molecule has 4 nitrogen and oxygen atoms in total. The van der Waals surface area contributed by atoms with Crippen LogP contribution in [0.3, 0.4) is 0 Å². The average Bonchev–Trinajstić information content (AvgIpc) is 2.62. The van der Waals surface area contributed by atoms with Crippen molar-refractivity contribution in [2.45, 2.75) is 0 Å². The van der Waals surface area contributed by atoms with Gasteiger partial charge >= 0.3 is 0 Å². The van der Waals surface area contributed by atoms with E-state index in [1.807, 2.05) is 18.2 Å². The number of hydrogen-bond acceptors (Lipinski definition) is 4. The molecule has 0 aromatic heterocycles. The van der Waals surface area contributed by atoms with Crippen molar-refractivity contribution in [3.8, 4) is 0 Å². The third-order valence-corrected chi connectivity index (χ3v) is 4.62. The van der Waals surface area contributed by atoms with Crippen molar-refractivity contribution in [2.75, 3.05) is 41.7 Å². The Morgan fingerprint density at radius 1 is 0.696 bits per heavy atom. The van der Waals surface area contributed by atoms with Crippen LogP contribution in [-0.4, -0.2) is 31.1 Å². The Morgan fingerprint density at radius 2 is 1.26 bits per heavy atom. The molecule has 1 saturated heterocycles. The minimum absolute atomic E-state index is 0.664. The van der Waals surface area contributed by atoms with E-state index in [0.29, 0.717) is 5.16 Å². The van der Waals surface area contributed by atoms with Gasteiger partial charge in [0.15, 0.2) is 0 Å². The monoisotopic (exact) mass is 326 g/mol. The summed E-state index contributed by atoms with van der Waals surface area (Å²) >= 11 is 6.45. The van der Waals surface area contributed by atoms with Crippen LogP contribution in [0.2, 0.25) is 0 Å². The Kier molecular flexibility index (Phi) is 3.75. The van der Waals surface area contributed by atoms with E-state index in [9.17, 15) is 0 Å². The lowest BCUT2D eigenvalue weighted by atomic mass is 10.2. The van der Waals surface area contributed by atoms with Crippen molar-refractivity contribution < 1.29 is 0 Å². The molecule has 5 heteroatoms. The molecule has 0 saturated carbocycles. The maximum Gasteiger partial charge on any atom is 0.147 e. The smallest absolute Gasteiger partial charge is 0.147 e. The average molecular weight is 327 g/mol. The summed E-state index contributed by atoms with van der Waals surface area (Å²) in [4.78, 5) is 4.72. The van der Waals surface area contributed by atoms with Gasteiger partial charge in [0.05, 0.1) is 11.4 Å². The lowest BCUT2D eigenvalue weighted by molar-refractivity contribution is 0.323. The number of hydrogen-bond donors (Lipinski definition) is 2. The lowest BCUT2D eigenvalue weighted by Crippen LogP contribution is -2.47. The van der Waals surface area contributed by atoms with Gasteiger partial charge in [-0.05, 0) is 24.3 Å². The second-order valence-corrected chi connectivity index (χ2v) is 6.15. The van der Waals surface area contributed by atoms with Gasteiger partial charge in [-0.15, -0.1) is 0 Å². The van der Waals surface area contributed by atoms with Gasteiger partial charge in [-0.25, -0.2) is 0 Å². The topological polar surface area (TPSA) is 30.5 Å². The summed E-state index contributed by atoms with van der Waals surface area (Å²) < 4.78 is 0. The molecule has 0 aliphatic carbocycles. The summed E-state index contributed by atoms with van der Waals surface area (Å²) in [6, 6.07) is 18.7. The predicted octanol–water partition coefficient (Wildman–Crippen LogP) is 3.71. The fourth-order valence-corrected chi connectivity index (χ4v) is 3.37. The molecular formula is C18H19ClN4. The molecule has 2 heterocycles. The molecule has 0 bridgehead atoms. The van der Waals surface area contributed by atoms with Gasteiger partial charge in [-0.1, -0.05) is 41.9 Å². The first-order valence-electron chi connectivity index (χ1n) is 7.89. The van der Waals surface area contributed by atoms with Crippen molar-refractivity contribution in [1.82, 2.24) is 4.90 Å². The summed E-state index contributed by atoms with van der Waals surface area (Å²) in [7, 11) is 0. The second kappa shape index (κ2) is 6.05. The molecule has 118 valence electrons. The number of nitrogens with one attached hydrogen (secondary N) is 2. The molecule has 0 spiro atoms. The Hall–Kier alpha value is -2.33. The van der Waals surface area contributed by atoms with Crippen LogP contribution in [-0.2, 0) is 0 Å². The summed E-state index contributed by atoms with van der Waals surface area (Å²) in [5, 5.41) is 7.40. The number of nitrogens with zero attached hydrogens (tertiary/aromatic N) is 2. The number of para-hydroxylation sites is 3. The standard InChI is InChI=1S/C18H19ClN4/c19-17-18(21-16-9-5-4-8-15(16)20-17)23-12-10-22(11-13-23)14-6-2-1-3-7-14/h1-9,20-21H,10-13H2. The maximum absolute atomic E-state index is 6.45. The lowest BCUT2D eigenvalue weighted by Gasteiger charge is -2.40. The zero-order valence-corrected chi connectivity index (χ0v) is 13.6. The van der Waals surface area contributed by atoms with Crippen LogP contribution >= 0.6 is 11.6 Å². The number of fused-ring (bicyclic) bond motifs is 1. The highest BCUT2D eigenvalue weighted by atomic mass is 35.5. The minimum atomic E-state index is 0.664. The van der Waals surface area contributed by atoms with E-state index in [1.54, 1.807) is 0 Å². The van der Waals surface area contributed by atoms with Gasteiger partial charge in [-0.3, -0.25) is 0 Å². The van der Waals surface area contributed by atoms with Crippen LogP contribution in [0, 0.1) is 0 Å². The van der Waals surface area contributed by atoms with Crippen molar-refractivity contribution in [3.05, 3.63) is 65.6 Å². The first kappa shape index (κ1) is 14.3. The van der Waals surface area contributed by atoms with E-state index in [4.69, 9.17) is 11.6 Å². The molecule has 23 heavy (non-hydrogen) atoms. The van der Waals surface area contributed by atoms with Crippen LogP contribution in [0.15, 0.2) is 65.6 Å². The Balaban J connectivity index is 1.47. The van der Waals surface area contributed by atoms with E-state index in [2.05, 4.69) is 56.8 Å². The second-order valence-electron chi connectivity index (χ2n) is 5.77. The van der Waals surface area contributed by atoms with Crippen molar-refractivity contribution in [3.63, 3.8) is 0 Å². The zero-order valence-electron chi connectivity index (χ0n) is 12.8. The van der Waals surface area contributed by atoms with Crippen LogP contribution in [0.1, 0.15) is 0 Å². The van der Waals surface area contributed by atoms with Gasteiger partial charge < -0.3 is 20.4 Å². The Morgan fingerprint density at radius 3 is 1.96 bits per heavy atom. The van der Waals surface area contributed by atoms with E-state index in [1.165, 1.54) is 5.69 Å². The zero-order chi connectivity index (χ0) is 15.6. The largest absolute Gasteiger partial charge is 0.368 e. The molecule has 2 N–H and O–H groups in total. The summed E-state index contributed by atoms with van der Waals surface area (Å²) in [6.45, 7) is 3.86. The summed E-state index contributed by atoms with van der Waals surface area (Å²) in [5.74, 6) is 0.970. The molecule has 0 atom stereocenters. The van der Waals surface area contributed by atoms with Crippen LogP contribution in [0.25, 0.3) is 0 Å². The Labute approximate surface area is 141 Å². The molecular weight excluding hydrogens is 308 g/mol. The van der Waals surface area contributed by atoms with E-state index in [0.717, 1.165) is 43.4 Å². The minimum Gasteiger partial charge on any atom is -0.368 e. The first-order valence-corrected chi connectivity index (χ1v) is 8.27. The van der Waals surface area contributed by atoms with Gasteiger partial charge in [-0.2, -0.15) is 0 Å². The van der Waals surface area contributed by atoms with Gasteiger partial charge in [0.1, 0.15) is 11.0 Å². The number of anilines is 3. The normalized spacial score (nSPS) is 17.4. The van der Waals surface area contributed by atoms with Crippen LogP contribution in [0.5, 0.6) is 0 Å². The Bertz CT molecular complexity index is 721. The number of benzene rings is 2. The van der Waals surface area contributed by atoms with Gasteiger partial charge in [0.25, 0.3) is 0 Å². The van der Waals surface area contributed by atoms with Gasteiger partial charge in [0, 0.05) is 31.9 Å². The molecule has 0 radical (unpaired) electrons. The van der Waals surface area contributed by atoms with Crippen molar-refractivity contribution in [1.29, 1.82) is 0 Å². The van der Waals surface area contributed by atoms with Crippen LogP contribution < -0.4 is 15.5 Å². The molecule has 2 aromatic rings. The third kappa shape index (κ3) is 2.82. The van der Waals surface area contributed by atoms with E-state index in [-0.39, 0.29) is 0 Å². The number of piperazine rings is 1. The summed E-state index contributed by atoms with van der Waals surface area (Å²) in [6.07, 6.45) is 0. The maximum atomic E-state index is 6.45. The highest BCUT2D eigenvalue weighted by molar-refractivity contribution is 6.31. The molecule has 4 rings (SSSR count). The molecule has 2 aromatic carbocycles. The fourth-order valence-electron chi connectivity index (χ4n) is 3.11. The van der Waals surface area contributed by atoms with E-state index < -0.39 is 0 Å². The molecule has 2 aliphatic rings. The number of rotatable bonds is 2. The third-order valence-electron chi connectivity index (χ3n) is 4.35. The van der Waals surface area contributed by atoms with Gasteiger partial charge in [0.2, 0.25) is 0 Å². The predicted molar refractivity (Wildman–Crippen MR) is 96.8 cm³/mol. The quantitative estimate of drug-likeness (QED) is 0.824.